The lowest BCUT2D eigenvalue weighted by atomic mass is 10.1. The molecule has 17 heavy (non-hydrogen) atoms. The number of carbonyl (C=O) groups is 1. The van der Waals surface area contributed by atoms with Gasteiger partial charge in [0.25, 0.3) is 0 Å². The van der Waals surface area contributed by atoms with Gasteiger partial charge in [-0.3, -0.25) is 4.79 Å². The summed E-state index contributed by atoms with van der Waals surface area (Å²) in [6.07, 6.45) is 1.45. The summed E-state index contributed by atoms with van der Waals surface area (Å²) in [6, 6.07) is 5.85. The minimum atomic E-state index is 0.162. The fourth-order valence-electron chi connectivity index (χ4n) is 2.19. The first-order valence-corrected chi connectivity index (χ1v) is 5.92. The highest BCUT2D eigenvalue weighted by Gasteiger charge is 2.25. The molecule has 0 bridgehead atoms. The Morgan fingerprint density at radius 1 is 1.47 bits per heavy atom. The number of nitrogen functional groups attached to an aromatic ring is 1. The molecule has 0 unspecified atom stereocenters. The zero-order valence-corrected chi connectivity index (χ0v) is 10.4. The predicted octanol–water partition coefficient (Wildman–Crippen LogP) is 1.11. The zero-order valence-electron chi connectivity index (χ0n) is 10.4. The lowest BCUT2D eigenvalue weighted by Crippen LogP contribution is -2.31. The maximum Gasteiger partial charge on any atom is 0.228 e. The summed E-state index contributed by atoms with van der Waals surface area (Å²) in [4.78, 5) is 16.0. The minimum Gasteiger partial charge on any atom is -0.397 e. The summed E-state index contributed by atoms with van der Waals surface area (Å²) in [6.45, 7) is 1.53. The molecule has 0 saturated heterocycles. The van der Waals surface area contributed by atoms with Gasteiger partial charge < -0.3 is 15.5 Å². The Kier molecular flexibility index (Phi) is 3.33. The van der Waals surface area contributed by atoms with Crippen molar-refractivity contribution < 1.29 is 4.79 Å². The van der Waals surface area contributed by atoms with E-state index in [1.165, 1.54) is 5.56 Å². The van der Waals surface area contributed by atoms with Crippen molar-refractivity contribution in [2.75, 3.05) is 37.8 Å². The first-order valence-electron chi connectivity index (χ1n) is 5.92. The highest BCUT2D eigenvalue weighted by atomic mass is 16.2. The molecule has 0 spiro atoms. The molecular formula is C13H19N3O. The maximum atomic E-state index is 12.1. The summed E-state index contributed by atoms with van der Waals surface area (Å²) >= 11 is 0. The molecule has 92 valence electrons. The third-order valence-electron chi connectivity index (χ3n) is 3.10. The second-order valence-electron chi connectivity index (χ2n) is 4.70. The first kappa shape index (κ1) is 11.9. The number of benzene rings is 1. The van der Waals surface area contributed by atoms with E-state index in [1.807, 2.05) is 42.1 Å². The summed E-state index contributed by atoms with van der Waals surface area (Å²) in [7, 11) is 3.94. The van der Waals surface area contributed by atoms with Crippen LogP contribution >= 0.6 is 0 Å². The summed E-state index contributed by atoms with van der Waals surface area (Å²) in [5, 5.41) is 0. The number of hydrogen-bond donors (Lipinski definition) is 1. The fourth-order valence-corrected chi connectivity index (χ4v) is 2.19. The molecule has 1 aliphatic heterocycles. The van der Waals surface area contributed by atoms with Crippen LogP contribution in [0.15, 0.2) is 18.2 Å². The highest BCUT2D eigenvalue weighted by Crippen LogP contribution is 2.33. The average molecular weight is 233 g/mol. The lowest BCUT2D eigenvalue weighted by molar-refractivity contribution is -0.118. The third kappa shape index (κ3) is 2.42. The van der Waals surface area contributed by atoms with Gasteiger partial charge >= 0.3 is 0 Å². The minimum absolute atomic E-state index is 0.162. The molecule has 2 N–H and O–H groups in total. The van der Waals surface area contributed by atoms with Crippen LogP contribution in [0.5, 0.6) is 0 Å². The summed E-state index contributed by atoms with van der Waals surface area (Å²) < 4.78 is 0. The SMILES string of the molecule is CN(C)CCC(=O)N1CCc2cccc(N)c21. The van der Waals surface area contributed by atoms with Gasteiger partial charge in [-0.25, -0.2) is 0 Å². The van der Waals surface area contributed by atoms with Crippen molar-refractivity contribution in [3.05, 3.63) is 23.8 Å². The Labute approximate surface area is 102 Å². The van der Waals surface area contributed by atoms with Gasteiger partial charge in [-0.05, 0) is 32.1 Å². The number of amides is 1. The van der Waals surface area contributed by atoms with Crippen molar-refractivity contribution in [3.63, 3.8) is 0 Å². The van der Waals surface area contributed by atoms with E-state index in [1.54, 1.807) is 0 Å². The van der Waals surface area contributed by atoms with Crippen molar-refractivity contribution >= 4 is 17.3 Å². The summed E-state index contributed by atoms with van der Waals surface area (Å²) in [5.74, 6) is 0.162. The van der Waals surface area contributed by atoms with E-state index in [2.05, 4.69) is 0 Å². The molecule has 1 aromatic carbocycles. The number of anilines is 2. The molecule has 1 amide bonds. The van der Waals surface area contributed by atoms with Gasteiger partial charge in [0.2, 0.25) is 5.91 Å². The lowest BCUT2D eigenvalue weighted by Gasteiger charge is -2.20. The van der Waals surface area contributed by atoms with E-state index in [4.69, 9.17) is 5.73 Å². The van der Waals surface area contributed by atoms with E-state index < -0.39 is 0 Å². The molecule has 4 heteroatoms. The quantitative estimate of drug-likeness (QED) is 0.796. The van der Waals surface area contributed by atoms with Crippen LogP contribution in [0.25, 0.3) is 0 Å². The molecule has 0 saturated carbocycles. The van der Waals surface area contributed by atoms with Crippen LogP contribution in [0.4, 0.5) is 11.4 Å². The fraction of sp³-hybridized carbons (Fsp3) is 0.462. The monoisotopic (exact) mass is 233 g/mol. The molecule has 1 aliphatic rings. The maximum absolute atomic E-state index is 12.1. The Morgan fingerprint density at radius 2 is 2.24 bits per heavy atom. The number of nitrogens with zero attached hydrogens (tertiary/aromatic N) is 2. The predicted molar refractivity (Wildman–Crippen MR) is 70.1 cm³/mol. The van der Waals surface area contributed by atoms with Crippen LogP contribution in [0, 0.1) is 0 Å². The number of rotatable bonds is 3. The van der Waals surface area contributed by atoms with Gasteiger partial charge in [0, 0.05) is 19.5 Å². The zero-order chi connectivity index (χ0) is 12.4. The molecule has 2 rings (SSSR count). The number of carbonyl (C=O) groups excluding carboxylic acids is 1. The van der Waals surface area contributed by atoms with Crippen molar-refractivity contribution in [1.29, 1.82) is 0 Å². The Bertz CT molecular complexity index is 429. The van der Waals surface area contributed by atoms with Gasteiger partial charge in [-0.15, -0.1) is 0 Å². The van der Waals surface area contributed by atoms with E-state index in [-0.39, 0.29) is 5.91 Å². The van der Waals surface area contributed by atoms with Gasteiger partial charge in [-0.2, -0.15) is 0 Å². The smallest absolute Gasteiger partial charge is 0.228 e. The van der Waals surface area contributed by atoms with Crippen molar-refractivity contribution in [3.8, 4) is 0 Å². The second-order valence-corrected chi connectivity index (χ2v) is 4.70. The van der Waals surface area contributed by atoms with Crippen LogP contribution in [0.3, 0.4) is 0 Å². The molecule has 0 aliphatic carbocycles. The molecular weight excluding hydrogens is 214 g/mol. The summed E-state index contributed by atoms with van der Waals surface area (Å²) in [5.41, 5.74) is 8.77. The van der Waals surface area contributed by atoms with E-state index >= 15 is 0 Å². The van der Waals surface area contributed by atoms with Crippen LogP contribution < -0.4 is 10.6 Å². The van der Waals surface area contributed by atoms with Crippen molar-refractivity contribution in [2.24, 2.45) is 0 Å². The van der Waals surface area contributed by atoms with Gasteiger partial charge in [0.15, 0.2) is 0 Å². The molecule has 0 atom stereocenters. The first-order chi connectivity index (χ1) is 8.09. The van der Waals surface area contributed by atoms with Gasteiger partial charge in [0.05, 0.1) is 11.4 Å². The third-order valence-corrected chi connectivity index (χ3v) is 3.10. The molecule has 0 fully saturated rings. The van der Waals surface area contributed by atoms with E-state index in [9.17, 15) is 4.79 Å². The van der Waals surface area contributed by atoms with E-state index in [0.717, 1.165) is 25.2 Å². The number of hydrogen-bond acceptors (Lipinski definition) is 3. The van der Waals surface area contributed by atoms with E-state index in [0.29, 0.717) is 12.1 Å². The number of para-hydroxylation sites is 1. The average Bonchev–Trinajstić information content (AvgIpc) is 2.71. The largest absolute Gasteiger partial charge is 0.397 e. The van der Waals surface area contributed by atoms with Crippen LogP contribution in [0.1, 0.15) is 12.0 Å². The molecule has 1 aromatic rings. The van der Waals surface area contributed by atoms with Crippen molar-refractivity contribution in [1.82, 2.24) is 4.90 Å². The van der Waals surface area contributed by atoms with Crippen molar-refractivity contribution in [2.45, 2.75) is 12.8 Å². The number of fused-ring (bicyclic) bond motifs is 1. The topological polar surface area (TPSA) is 49.6 Å². The van der Waals surface area contributed by atoms with Crippen LogP contribution in [0.2, 0.25) is 0 Å². The normalized spacial score (nSPS) is 14.2. The van der Waals surface area contributed by atoms with Crippen LogP contribution in [-0.4, -0.2) is 38.0 Å². The Balaban J connectivity index is 2.13. The molecule has 1 heterocycles. The Morgan fingerprint density at radius 3 is 2.94 bits per heavy atom. The molecule has 0 aromatic heterocycles. The molecule has 4 nitrogen and oxygen atoms in total. The van der Waals surface area contributed by atoms with Crippen LogP contribution in [-0.2, 0) is 11.2 Å². The number of nitrogens with two attached hydrogens (primary N) is 1. The highest BCUT2D eigenvalue weighted by molar-refractivity contribution is 5.98. The van der Waals surface area contributed by atoms with Gasteiger partial charge in [-0.1, -0.05) is 12.1 Å². The molecule has 0 radical (unpaired) electrons. The Hall–Kier alpha value is -1.55. The standard InChI is InChI=1S/C13H19N3O/c1-15(2)8-7-12(17)16-9-6-10-4-3-5-11(14)13(10)16/h3-5H,6-9,14H2,1-2H3. The van der Waals surface area contributed by atoms with Gasteiger partial charge in [0.1, 0.15) is 0 Å². The second kappa shape index (κ2) is 4.75.